The van der Waals surface area contributed by atoms with Gasteiger partial charge < -0.3 is 5.73 Å². The molecule has 76 valence electrons. The molecule has 0 bridgehead atoms. The summed E-state index contributed by atoms with van der Waals surface area (Å²) in [6.07, 6.45) is 6.34. The first kappa shape index (κ1) is 9.98. The lowest BCUT2D eigenvalue weighted by Gasteiger charge is -2.19. The fourth-order valence-electron chi connectivity index (χ4n) is 2.01. The Labute approximate surface area is 92.9 Å². The predicted octanol–water partition coefficient (Wildman–Crippen LogP) is 2.22. The Bertz CT molecular complexity index is 329. The Morgan fingerprint density at radius 3 is 2.71 bits per heavy atom. The van der Waals surface area contributed by atoms with Crippen LogP contribution in [0.15, 0.2) is 0 Å². The van der Waals surface area contributed by atoms with Crippen LogP contribution in [0.1, 0.15) is 48.6 Å². The van der Waals surface area contributed by atoms with Crippen molar-refractivity contribution in [3.8, 4) is 0 Å². The van der Waals surface area contributed by atoms with Gasteiger partial charge in [0, 0.05) is 5.92 Å². The minimum atomic E-state index is 0.445. The molecular weight excluding hydrogens is 214 g/mol. The van der Waals surface area contributed by atoms with Gasteiger partial charge >= 0.3 is 0 Å². The van der Waals surface area contributed by atoms with Gasteiger partial charge in [-0.2, -0.15) is 0 Å². The van der Waals surface area contributed by atoms with Crippen molar-refractivity contribution in [2.75, 3.05) is 0 Å². The van der Waals surface area contributed by atoms with Crippen LogP contribution < -0.4 is 5.73 Å². The van der Waals surface area contributed by atoms with Crippen LogP contribution in [0.4, 0.5) is 0 Å². The van der Waals surface area contributed by atoms with Crippen molar-refractivity contribution in [2.24, 2.45) is 5.73 Å². The van der Waals surface area contributed by atoms with Crippen molar-refractivity contribution in [1.29, 1.82) is 0 Å². The van der Waals surface area contributed by atoms with Gasteiger partial charge in [-0.1, -0.05) is 36.0 Å². The zero-order chi connectivity index (χ0) is 9.97. The average Bonchev–Trinajstić information content (AvgIpc) is 2.67. The zero-order valence-corrected chi connectivity index (χ0v) is 9.53. The molecule has 1 saturated carbocycles. The third-order valence-electron chi connectivity index (χ3n) is 2.73. The van der Waals surface area contributed by atoms with E-state index in [1.54, 1.807) is 0 Å². The minimum Gasteiger partial charge on any atom is -0.389 e. The first-order valence-corrected chi connectivity index (χ1v) is 6.09. The topological polar surface area (TPSA) is 51.8 Å². The summed E-state index contributed by atoms with van der Waals surface area (Å²) in [5.74, 6) is 0.541. The Morgan fingerprint density at radius 2 is 2.07 bits per heavy atom. The Kier molecular flexibility index (Phi) is 3.08. The fraction of sp³-hybridized carbons (Fsp3) is 0.667. The van der Waals surface area contributed by atoms with Crippen LogP contribution >= 0.6 is 23.8 Å². The highest BCUT2D eigenvalue weighted by Gasteiger charge is 2.22. The molecule has 0 aromatic carbocycles. The van der Waals surface area contributed by atoms with Gasteiger partial charge in [-0.05, 0) is 24.4 Å². The molecule has 0 atom stereocenters. The van der Waals surface area contributed by atoms with Crippen molar-refractivity contribution in [3.63, 3.8) is 0 Å². The molecule has 1 aromatic rings. The number of thiocarbonyl (C=S) groups is 1. The summed E-state index contributed by atoms with van der Waals surface area (Å²) in [6, 6.07) is 0. The van der Waals surface area contributed by atoms with Gasteiger partial charge in [-0.3, -0.25) is 0 Å². The van der Waals surface area contributed by atoms with E-state index in [1.807, 2.05) is 0 Å². The molecule has 0 saturated heterocycles. The maximum atomic E-state index is 5.63. The molecule has 2 N–H and O–H groups in total. The van der Waals surface area contributed by atoms with Gasteiger partial charge in [0.15, 0.2) is 0 Å². The number of nitrogens with zero attached hydrogens (tertiary/aromatic N) is 2. The molecule has 1 aromatic heterocycles. The van der Waals surface area contributed by atoms with Crippen LogP contribution in [0, 0.1) is 0 Å². The van der Waals surface area contributed by atoms with Crippen LogP contribution in [0.5, 0.6) is 0 Å². The highest BCUT2D eigenvalue weighted by Crippen LogP contribution is 2.33. The Balaban J connectivity index is 2.21. The van der Waals surface area contributed by atoms with Crippen molar-refractivity contribution in [2.45, 2.75) is 38.0 Å². The van der Waals surface area contributed by atoms with E-state index in [-0.39, 0.29) is 0 Å². The molecule has 14 heavy (non-hydrogen) atoms. The van der Waals surface area contributed by atoms with E-state index in [1.165, 1.54) is 43.6 Å². The number of aromatic nitrogens is 2. The van der Waals surface area contributed by atoms with Crippen LogP contribution in [0.25, 0.3) is 0 Å². The average molecular weight is 227 g/mol. The summed E-state index contributed by atoms with van der Waals surface area (Å²) in [5.41, 5.74) is 6.67. The number of nitrogens with two attached hydrogens (primary N) is 1. The summed E-state index contributed by atoms with van der Waals surface area (Å²) in [4.78, 5) is 1.37. The van der Waals surface area contributed by atoms with E-state index in [4.69, 9.17) is 18.0 Å². The Morgan fingerprint density at radius 1 is 1.36 bits per heavy atom. The molecule has 0 radical (unpaired) electrons. The summed E-state index contributed by atoms with van der Waals surface area (Å²) in [7, 11) is 0. The number of hydrogen-bond acceptors (Lipinski definition) is 4. The molecule has 1 aliphatic rings. The first-order chi connectivity index (χ1) is 6.79. The standard InChI is InChI=1S/C9H13N3S2/c10-9(13)8-7(11-12-14-8)6-4-2-1-3-5-6/h6H,1-5H2,(H2,10,13). The van der Waals surface area contributed by atoms with Gasteiger partial charge in [0.05, 0.1) is 5.69 Å². The molecule has 0 spiro atoms. The summed E-state index contributed by atoms with van der Waals surface area (Å²) < 4.78 is 3.94. The van der Waals surface area contributed by atoms with E-state index in [0.717, 1.165) is 10.6 Å². The molecule has 3 nitrogen and oxygen atoms in total. The molecule has 1 fully saturated rings. The van der Waals surface area contributed by atoms with Gasteiger partial charge in [0.25, 0.3) is 0 Å². The number of hydrogen-bond donors (Lipinski definition) is 1. The minimum absolute atomic E-state index is 0.445. The molecule has 1 heterocycles. The first-order valence-electron chi connectivity index (χ1n) is 4.91. The van der Waals surface area contributed by atoms with E-state index in [0.29, 0.717) is 10.9 Å². The molecule has 0 aliphatic heterocycles. The van der Waals surface area contributed by atoms with Crippen molar-refractivity contribution in [1.82, 2.24) is 9.59 Å². The molecule has 0 unspecified atom stereocenters. The molecular formula is C9H13N3S2. The predicted molar refractivity (Wildman–Crippen MR) is 61.6 cm³/mol. The third kappa shape index (κ3) is 1.93. The normalized spacial score (nSPS) is 18.3. The van der Waals surface area contributed by atoms with Crippen molar-refractivity contribution in [3.05, 3.63) is 10.6 Å². The second kappa shape index (κ2) is 4.31. The second-order valence-corrected chi connectivity index (χ2v) is 4.88. The molecule has 5 heteroatoms. The van der Waals surface area contributed by atoms with Crippen molar-refractivity contribution >= 4 is 28.7 Å². The van der Waals surface area contributed by atoms with Gasteiger partial charge in [0.1, 0.15) is 9.87 Å². The van der Waals surface area contributed by atoms with Crippen LogP contribution in [-0.2, 0) is 0 Å². The van der Waals surface area contributed by atoms with Crippen LogP contribution in [-0.4, -0.2) is 14.6 Å². The van der Waals surface area contributed by atoms with Crippen LogP contribution in [0.3, 0.4) is 0 Å². The summed E-state index contributed by atoms with van der Waals surface area (Å²) in [5, 5.41) is 4.16. The summed E-state index contributed by atoms with van der Waals surface area (Å²) >= 11 is 6.30. The molecule has 1 aliphatic carbocycles. The van der Waals surface area contributed by atoms with Gasteiger partial charge in [-0.25, -0.2) is 0 Å². The van der Waals surface area contributed by atoms with E-state index in [9.17, 15) is 0 Å². The lowest BCUT2D eigenvalue weighted by atomic mass is 9.86. The highest BCUT2D eigenvalue weighted by molar-refractivity contribution is 7.81. The largest absolute Gasteiger partial charge is 0.389 e. The summed E-state index contributed by atoms with van der Waals surface area (Å²) in [6.45, 7) is 0. The third-order valence-corrected chi connectivity index (χ3v) is 3.84. The lowest BCUT2D eigenvalue weighted by molar-refractivity contribution is 0.436. The molecule has 2 rings (SSSR count). The van der Waals surface area contributed by atoms with Gasteiger partial charge in [-0.15, -0.1) is 5.10 Å². The van der Waals surface area contributed by atoms with E-state index in [2.05, 4.69) is 9.59 Å². The maximum Gasteiger partial charge on any atom is 0.117 e. The van der Waals surface area contributed by atoms with E-state index < -0.39 is 0 Å². The quantitative estimate of drug-likeness (QED) is 0.787. The maximum absolute atomic E-state index is 5.63. The second-order valence-electron chi connectivity index (χ2n) is 3.69. The fourth-order valence-corrected chi connectivity index (χ4v) is 2.83. The SMILES string of the molecule is NC(=S)c1snnc1C1CCCCC1. The zero-order valence-electron chi connectivity index (χ0n) is 7.90. The molecule has 0 amide bonds. The van der Waals surface area contributed by atoms with Gasteiger partial charge in [0.2, 0.25) is 0 Å². The smallest absolute Gasteiger partial charge is 0.117 e. The van der Waals surface area contributed by atoms with Crippen molar-refractivity contribution < 1.29 is 0 Å². The Hall–Kier alpha value is -0.550. The lowest BCUT2D eigenvalue weighted by Crippen LogP contribution is -2.14. The van der Waals surface area contributed by atoms with E-state index >= 15 is 0 Å². The monoisotopic (exact) mass is 227 g/mol. The number of rotatable bonds is 2. The van der Waals surface area contributed by atoms with Crippen LogP contribution in [0.2, 0.25) is 0 Å². The highest BCUT2D eigenvalue weighted by atomic mass is 32.1.